The highest BCUT2D eigenvalue weighted by atomic mass is 35.5. The van der Waals surface area contributed by atoms with E-state index in [2.05, 4.69) is 15.6 Å². The maximum absolute atomic E-state index is 13.8. The quantitative estimate of drug-likeness (QED) is 0.888. The predicted molar refractivity (Wildman–Crippen MR) is 70.3 cm³/mol. The monoisotopic (exact) mass is 298 g/mol. The molecule has 0 spiro atoms. The Morgan fingerprint density at radius 2 is 2.35 bits per heavy atom. The van der Waals surface area contributed by atoms with Gasteiger partial charge in [0, 0.05) is 6.54 Å². The summed E-state index contributed by atoms with van der Waals surface area (Å²) < 4.78 is 14.9. The average Bonchev–Trinajstić information content (AvgIpc) is 2.88. The van der Waals surface area contributed by atoms with Gasteiger partial charge < -0.3 is 10.4 Å². The lowest BCUT2D eigenvalue weighted by Crippen LogP contribution is -2.30. The molecule has 0 saturated carbocycles. The minimum absolute atomic E-state index is 0.0185. The number of halogens is 2. The van der Waals surface area contributed by atoms with Crippen molar-refractivity contribution in [2.24, 2.45) is 0 Å². The fraction of sp³-hybridized carbons (Fsp3) is 0.250. The third kappa shape index (κ3) is 3.12. The van der Waals surface area contributed by atoms with Crippen molar-refractivity contribution in [1.29, 1.82) is 0 Å². The largest absolute Gasteiger partial charge is 0.392 e. The number of carbonyl (C=O) groups excluding carboxylic acids is 1. The van der Waals surface area contributed by atoms with E-state index in [1.165, 1.54) is 18.3 Å². The Morgan fingerprint density at radius 1 is 1.60 bits per heavy atom. The Morgan fingerprint density at radius 3 is 3.05 bits per heavy atom. The van der Waals surface area contributed by atoms with E-state index in [0.29, 0.717) is 0 Å². The van der Waals surface area contributed by atoms with Crippen LogP contribution in [0.15, 0.2) is 24.4 Å². The molecule has 0 saturated heterocycles. The zero-order chi connectivity index (χ0) is 14.7. The van der Waals surface area contributed by atoms with Crippen LogP contribution in [0.25, 0.3) is 5.69 Å². The summed E-state index contributed by atoms with van der Waals surface area (Å²) in [5.41, 5.74) is 0.115. The summed E-state index contributed by atoms with van der Waals surface area (Å²) in [5.74, 6) is -1.14. The molecule has 1 heterocycles. The molecule has 0 aliphatic heterocycles. The van der Waals surface area contributed by atoms with Gasteiger partial charge in [-0.05, 0) is 19.1 Å². The predicted octanol–water partition coefficient (Wildman–Crippen LogP) is 1.17. The fourth-order valence-corrected chi connectivity index (χ4v) is 1.66. The van der Waals surface area contributed by atoms with E-state index >= 15 is 0 Å². The van der Waals surface area contributed by atoms with Gasteiger partial charge in [0.25, 0.3) is 5.91 Å². The number of carbonyl (C=O) groups is 1. The summed E-state index contributed by atoms with van der Waals surface area (Å²) >= 11 is 5.67. The van der Waals surface area contributed by atoms with Crippen LogP contribution in [-0.4, -0.2) is 38.7 Å². The number of aliphatic hydroxyl groups excluding tert-OH is 1. The summed E-state index contributed by atoms with van der Waals surface area (Å²) in [6.45, 7) is 1.63. The standard InChI is InChI=1S/C12H12ClFN4O2/c1-7(19)5-15-12(20)9-6-18(17-16-9)10-4-2-3-8(13)11(10)14/h2-4,6-7,19H,5H2,1H3,(H,15,20). The van der Waals surface area contributed by atoms with Crippen molar-refractivity contribution in [3.05, 3.63) is 40.9 Å². The fourth-order valence-electron chi connectivity index (χ4n) is 1.49. The number of aromatic nitrogens is 3. The van der Waals surface area contributed by atoms with E-state index in [0.717, 1.165) is 4.68 Å². The first-order valence-corrected chi connectivity index (χ1v) is 6.20. The zero-order valence-corrected chi connectivity index (χ0v) is 11.3. The molecule has 2 aromatic rings. The lowest BCUT2D eigenvalue weighted by atomic mass is 10.3. The normalized spacial score (nSPS) is 12.2. The van der Waals surface area contributed by atoms with Gasteiger partial charge in [-0.15, -0.1) is 5.10 Å². The highest BCUT2D eigenvalue weighted by Crippen LogP contribution is 2.20. The van der Waals surface area contributed by atoms with Crippen LogP contribution in [0.5, 0.6) is 0 Å². The first kappa shape index (κ1) is 14.4. The summed E-state index contributed by atoms with van der Waals surface area (Å²) in [4.78, 5) is 11.7. The van der Waals surface area contributed by atoms with Gasteiger partial charge in [0.15, 0.2) is 11.5 Å². The van der Waals surface area contributed by atoms with Gasteiger partial charge >= 0.3 is 0 Å². The van der Waals surface area contributed by atoms with Crippen LogP contribution in [0, 0.1) is 5.82 Å². The molecule has 1 unspecified atom stereocenters. The summed E-state index contributed by atoms with van der Waals surface area (Å²) in [7, 11) is 0. The Bertz CT molecular complexity index is 630. The maximum Gasteiger partial charge on any atom is 0.273 e. The van der Waals surface area contributed by atoms with Crippen LogP contribution >= 0.6 is 11.6 Å². The smallest absolute Gasteiger partial charge is 0.273 e. The molecule has 0 bridgehead atoms. The number of hydrogen-bond donors (Lipinski definition) is 2. The number of aliphatic hydroxyl groups is 1. The molecule has 0 radical (unpaired) electrons. The van der Waals surface area contributed by atoms with Gasteiger partial charge in [0.05, 0.1) is 17.3 Å². The van der Waals surface area contributed by atoms with E-state index in [9.17, 15) is 9.18 Å². The van der Waals surface area contributed by atoms with Crippen molar-refractivity contribution in [2.75, 3.05) is 6.54 Å². The Hall–Kier alpha value is -1.99. The molecule has 0 fully saturated rings. The van der Waals surface area contributed by atoms with Crippen molar-refractivity contribution in [2.45, 2.75) is 13.0 Å². The molecule has 6 nitrogen and oxygen atoms in total. The molecule has 1 atom stereocenters. The summed E-state index contributed by atoms with van der Waals surface area (Å²) in [6, 6.07) is 4.44. The van der Waals surface area contributed by atoms with Gasteiger partial charge in [0.1, 0.15) is 5.69 Å². The van der Waals surface area contributed by atoms with Crippen molar-refractivity contribution >= 4 is 17.5 Å². The van der Waals surface area contributed by atoms with Crippen LogP contribution in [0.4, 0.5) is 4.39 Å². The van der Waals surface area contributed by atoms with Gasteiger partial charge in [-0.1, -0.05) is 22.9 Å². The van der Waals surface area contributed by atoms with Crippen LogP contribution in [0.2, 0.25) is 5.02 Å². The molecule has 106 valence electrons. The zero-order valence-electron chi connectivity index (χ0n) is 10.5. The second-order valence-electron chi connectivity index (χ2n) is 4.18. The second kappa shape index (κ2) is 5.98. The molecule has 2 N–H and O–H groups in total. The number of hydrogen-bond acceptors (Lipinski definition) is 4. The lowest BCUT2D eigenvalue weighted by Gasteiger charge is -2.04. The molecule has 20 heavy (non-hydrogen) atoms. The molecule has 1 aromatic carbocycles. The topological polar surface area (TPSA) is 80.0 Å². The van der Waals surface area contributed by atoms with Gasteiger partial charge in [-0.25, -0.2) is 9.07 Å². The highest BCUT2D eigenvalue weighted by Gasteiger charge is 2.14. The number of rotatable bonds is 4. The first-order valence-electron chi connectivity index (χ1n) is 5.82. The molecule has 1 aromatic heterocycles. The SMILES string of the molecule is CC(O)CNC(=O)c1cn(-c2cccc(Cl)c2F)nn1. The number of nitrogens with one attached hydrogen (secondary N) is 1. The number of amides is 1. The third-order valence-corrected chi connectivity index (χ3v) is 2.75. The Labute approximate surface area is 119 Å². The molecular formula is C12H12ClFN4O2. The van der Waals surface area contributed by atoms with Crippen molar-refractivity contribution < 1.29 is 14.3 Å². The molecular weight excluding hydrogens is 287 g/mol. The van der Waals surface area contributed by atoms with Crippen molar-refractivity contribution in [3.63, 3.8) is 0 Å². The van der Waals surface area contributed by atoms with E-state index in [-0.39, 0.29) is 22.9 Å². The van der Waals surface area contributed by atoms with Gasteiger partial charge in [-0.2, -0.15) is 0 Å². The number of benzene rings is 1. The lowest BCUT2D eigenvalue weighted by molar-refractivity contribution is 0.0919. The van der Waals surface area contributed by atoms with E-state index in [1.54, 1.807) is 13.0 Å². The number of nitrogens with zero attached hydrogens (tertiary/aromatic N) is 3. The van der Waals surface area contributed by atoms with Crippen LogP contribution in [0.1, 0.15) is 17.4 Å². The van der Waals surface area contributed by atoms with E-state index in [1.807, 2.05) is 0 Å². The Balaban J connectivity index is 2.20. The summed E-state index contributed by atoms with van der Waals surface area (Å²) in [5, 5.41) is 18.8. The minimum Gasteiger partial charge on any atom is -0.392 e. The molecule has 1 amide bonds. The third-order valence-electron chi connectivity index (χ3n) is 2.46. The molecule has 0 aliphatic rings. The second-order valence-corrected chi connectivity index (χ2v) is 4.59. The van der Waals surface area contributed by atoms with Crippen molar-refractivity contribution in [3.8, 4) is 5.69 Å². The van der Waals surface area contributed by atoms with Crippen molar-refractivity contribution in [1.82, 2.24) is 20.3 Å². The van der Waals surface area contributed by atoms with E-state index < -0.39 is 17.8 Å². The maximum atomic E-state index is 13.8. The molecule has 2 rings (SSSR count). The molecule has 8 heteroatoms. The minimum atomic E-state index is -0.667. The van der Waals surface area contributed by atoms with E-state index in [4.69, 9.17) is 16.7 Å². The Kier molecular flexibility index (Phi) is 4.31. The first-order chi connectivity index (χ1) is 9.49. The summed E-state index contributed by atoms with van der Waals surface area (Å²) in [6.07, 6.45) is 0.617. The van der Waals surface area contributed by atoms with Crippen LogP contribution < -0.4 is 5.32 Å². The van der Waals surface area contributed by atoms with Crippen LogP contribution in [0.3, 0.4) is 0 Å². The molecule has 0 aliphatic carbocycles. The highest BCUT2D eigenvalue weighted by molar-refractivity contribution is 6.30. The van der Waals surface area contributed by atoms with Crippen LogP contribution in [-0.2, 0) is 0 Å². The average molecular weight is 299 g/mol. The van der Waals surface area contributed by atoms with Gasteiger partial charge in [-0.3, -0.25) is 4.79 Å². The van der Waals surface area contributed by atoms with Gasteiger partial charge in [0.2, 0.25) is 0 Å².